The maximum Gasteiger partial charge on any atom is 0.254 e. The fourth-order valence-corrected chi connectivity index (χ4v) is 3.35. The Morgan fingerprint density at radius 2 is 1.41 bits per heavy atom. The SMILES string of the molecule is Cc1cc(C(=O)N2CCN(C(=O)c3ccc(F)c(C)c3)[C@@H](C)C2)ccc1F. The van der Waals surface area contributed by atoms with Gasteiger partial charge in [-0.3, -0.25) is 9.59 Å². The molecule has 2 aromatic carbocycles. The number of carbonyl (C=O) groups excluding carboxylic acids is 2. The Labute approximate surface area is 157 Å². The zero-order valence-electron chi connectivity index (χ0n) is 15.6. The molecule has 1 saturated heterocycles. The van der Waals surface area contributed by atoms with Crippen molar-refractivity contribution < 1.29 is 18.4 Å². The van der Waals surface area contributed by atoms with Crippen LogP contribution >= 0.6 is 0 Å². The normalized spacial score (nSPS) is 17.1. The molecule has 2 amide bonds. The first-order valence-corrected chi connectivity index (χ1v) is 8.90. The third-order valence-electron chi connectivity index (χ3n) is 4.99. The standard InChI is InChI=1S/C21H22F2N2O2/c1-13-10-16(4-6-18(13)22)20(26)24-8-9-25(15(3)12-24)21(27)17-5-7-19(23)14(2)11-17/h4-7,10-11,15H,8-9,12H2,1-3H3/t15-/m0/s1. The summed E-state index contributed by atoms with van der Waals surface area (Å²) in [4.78, 5) is 28.8. The van der Waals surface area contributed by atoms with Gasteiger partial charge in [-0.1, -0.05) is 0 Å². The van der Waals surface area contributed by atoms with Crippen molar-refractivity contribution in [2.24, 2.45) is 0 Å². The molecule has 27 heavy (non-hydrogen) atoms. The van der Waals surface area contributed by atoms with E-state index >= 15 is 0 Å². The zero-order valence-corrected chi connectivity index (χ0v) is 15.6. The zero-order chi connectivity index (χ0) is 19.7. The van der Waals surface area contributed by atoms with Crippen LogP contribution in [0.2, 0.25) is 0 Å². The van der Waals surface area contributed by atoms with Crippen LogP contribution in [0.25, 0.3) is 0 Å². The van der Waals surface area contributed by atoms with Crippen molar-refractivity contribution in [3.05, 3.63) is 70.3 Å². The molecule has 0 saturated carbocycles. The van der Waals surface area contributed by atoms with E-state index in [4.69, 9.17) is 0 Å². The summed E-state index contributed by atoms with van der Waals surface area (Å²) in [7, 11) is 0. The summed E-state index contributed by atoms with van der Waals surface area (Å²) in [6.45, 7) is 6.30. The molecule has 0 N–H and O–H groups in total. The minimum atomic E-state index is -0.343. The molecule has 1 heterocycles. The number of benzene rings is 2. The lowest BCUT2D eigenvalue weighted by atomic mass is 10.1. The molecule has 142 valence electrons. The van der Waals surface area contributed by atoms with E-state index in [2.05, 4.69) is 0 Å². The number of rotatable bonds is 2. The molecule has 2 aromatic rings. The molecule has 0 spiro atoms. The van der Waals surface area contributed by atoms with Gasteiger partial charge >= 0.3 is 0 Å². The van der Waals surface area contributed by atoms with Crippen LogP contribution in [0, 0.1) is 25.5 Å². The van der Waals surface area contributed by atoms with Crippen LogP contribution in [0.4, 0.5) is 8.78 Å². The predicted molar refractivity (Wildman–Crippen MR) is 98.7 cm³/mol. The number of piperazine rings is 1. The molecule has 3 rings (SSSR count). The molecular weight excluding hydrogens is 350 g/mol. The van der Waals surface area contributed by atoms with Gasteiger partial charge in [0.05, 0.1) is 0 Å². The van der Waals surface area contributed by atoms with Crippen LogP contribution < -0.4 is 0 Å². The summed E-state index contributed by atoms with van der Waals surface area (Å²) in [6, 6.07) is 8.46. The van der Waals surface area contributed by atoms with Gasteiger partial charge < -0.3 is 9.80 Å². The summed E-state index contributed by atoms with van der Waals surface area (Å²) in [5.41, 5.74) is 1.73. The van der Waals surface area contributed by atoms with Gasteiger partial charge in [0.2, 0.25) is 0 Å². The number of hydrogen-bond donors (Lipinski definition) is 0. The molecule has 1 aliphatic heterocycles. The van der Waals surface area contributed by atoms with Crippen molar-refractivity contribution in [2.75, 3.05) is 19.6 Å². The number of halogens is 2. The van der Waals surface area contributed by atoms with Gasteiger partial charge in [0.15, 0.2) is 0 Å². The Kier molecular flexibility index (Phi) is 5.26. The second-order valence-corrected chi connectivity index (χ2v) is 7.03. The molecule has 6 heteroatoms. The van der Waals surface area contributed by atoms with Crippen LogP contribution in [0.1, 0.15) is 38.8 Å². The van der Waals surface area contributed by atoms with Gasteiger partial charge in [0.1, 0.15) is 11.6 Å². The minimum Gasteiger partial charge on any atom is -0.335 e. The second kappa shape index (κ2) is 7.47. The molecule has 0 aliphatic carbocycles. The van der Waals surface area contributed by atoms with Gasteiger partial charge in [0, 0.05) is 36.8 Å². The maximum atomic E-state index is 13.4. The third-order valence-corrected chi connectivity index (χ3v) is 4.99. The van der Waals surface area contributed by atoms with E-state index < -0.39 is 0 Å². The summed E-state index contributed by atoms with van der Waals surface area (Å²) in [5.74, 6) is -1.03. The van der Waals surface area contributed by atoms with E-state index in [9.17, 15) is 18.4 Å². The lowest BCUT2D eigenvalue weighted by molar-refractivity contribution is 0.0414. The van der Waals surface area contributed by atoms with Crippen molar-refractivity contribution in [3.63, 3.8) is 0 Å². The first-order chi connectivity index (χ1) is 12.8. The van der Waals surface area contributed by atoms with Crippen LogP contribution in [0.5, 0.6) is 0 Å². The van der Waals surface area contributed by atoms with Crippen molar-refractivity contribution in [2.45, 2.75) is 26.8 Å². The molecule has 4 nitrogen and oxygen atoms in total. The van der Waals surface area contributed by atoms with Crippen LogP contribution in [0.3, 0.4) is 0 Å². The Bertz CT molecular complexity index is 898. The number of nitrogens with zero attached hydrogens (tertiary/aromatic N) is 2. The molecule has 0 aromatic heterocycles. The molecule has 0 radical (unpaired) electrons. The number of aryl methyl sites for hydroxylation is 2. The van der Waals surface area contributed by atoms with E-state index in [0.717, 1.165) is 0 Å². The molecule has 0 unspecified atom stereocenters. The van der Waals surface area contributed by atoms with Crippen LogP contribution in [-0.4, -0.2) is 47.3 Å². The third kappa shape index (κ3) is 3.84. The highest BCUT2D eigenvalue weighted by atomic mass is 19.1. The van der Waals surface area contributed by atoms with Gasteiger partial charge in [-0.15, -0.1) is 0 Å². The van der Waals surface area contributed by atoms with Gasteiger partial charge in [-0.05, 0) is 68.3 Å². The summed E-state index contributed by atoms with van der Waals surface area (Å²) in [5, 5.41) is 0. The Hall–Kier alpha value is -2.76. The van der Waals surface area contributed by atoms with E-state index in [-0.39, 0.29) is 29.5 Å². The molecular formula is C21H22F2N2O2. The smallest absolute Gasteiger partial charge is 0.254 e. The quantitative estimate of drug-likeness (QED) is 0.809. The summed E-state index contributed by atoms with van der Waals surface area (Å²) >= 11 is 0. The maximum absolute atomic E-state index is 13.4. The highest BCUT2D eigenvalue weighted by Crippen LogP contribution is 2.19. The highest BCUT2D eigenvalue weighted by molar-refractivity contribution is 5.96. The number of carbonyl (C=O) groups is 2. The average Bonchev–Trinajstić information content (AvgIpc) is 2.65. The Balaban J connectivity index is 1.71. The van der Waals surface area contributed by atoms with Gasteiger partial charge in [-0.25, -0.2) is 8.78 Å². The van der Waals surface area contributed by atoms with Crippen molar-refractivity contribution in [1.82, 2.24) is 9.80 Å². The van der Waals surface area contributed by atoms with Crippen LogP contribution in [0.15, 0.2) is 36.4 Å². The van der Waals surface area contributed by atoms with Gasteiger partial charge in [0.25, 0.3) is 11.8 Å². The van der Waals surface area contributed by atoms with Crippen molar-refractivity contribution in [1.29, 1.82) is 0 Å². The Morgan fingerprint density at radius 3 is 1.89 bits per heavy atom. The highest BCUT2D eigenvalue weighted by Gasteiger charge is 2.31. The second-order valence-electron chi connectivity index (χ2n) is 7.03. The fraction of sp³-hybridized carbons (Fsp3) is 0.333. The van der Waals surface area contributed by atoms with Gasteiger partial charge in [-0.2, -0.15) is 0 Å². The minimum absolute atomic E-state index is 0.171. The summed E-state index contributed by atoms with van der Waals surface area (Å²) < 4.78 is 26.9. The molecule has 1 atom stereocenters. The van der Waals surface area contributed by atoms with Crippen molar-refractivity contribution in [3.8, 4) is 0 Å². The monoisotopic (exact) mass is 372 g/mol. The van der Waals surface area contributed by atoms with Crippen molar-refractivity contribution >= 4 is 11.8 Å². The van der Waals surface area contributed by atoms with E-state index in [0.29, 0.717) is 41.9 Å². The lowest BCUT2D eigenvalue weighted by Gasteiger charge is -2.40. The Morgan fingerprint density at radius 1 is 0.889 bits per heavy atom. The van der Waals surface area contributed by atoms with Crippen LogP contribution in [-0.2, 0) is 0 Å². The first-order valence-electron chi connectivity index (χ1n) is 8.90. The molecule has 0 bridgehead atoms. The fourth-order valence-electron chi connectivity index (χ4n) is 3.35. The predicted octanol–water partition coefficient (Wildman–Crippen LogP) is 3.57. The van der Waals surface area contributed by atoms with E-state index in [1.165, 1.54) is 24.3 Å². The molecule has 1 aliphatic rings. The first kappa shape index (κ1) is 19.0. The topological polar surface area (TPSA) is 40.6 Å². The average molecular weight is 372 g/mol. The lowest BCUT2D eigenvalue weighted by Crippen LogP contribution is -2.55. The number of amides is 2. The number of hydrogen-bond acceptors (Lipinski definition) is 2. The molecule has 1 fully saturated rings. The largest absolute Gasteiger partial charge is 0.335 e. The van der Waals surface area contributed by atoms with E-state index in [1.807, 2.05) is 6.92 Å². The summed E-state index contributed by atoms with van der Waals surface area (Å²) in [6.07, 6.45) is 0. The van der Waals surface area contributed by atoms with E-state index in [1.54, 1.807) is 35.8 Å².